The van der Waals surface area contributed by atoms with Gasteiger partial charge in [-0.25, -0.2) is 0 Å². The molecule has 3 saturated carbocycles. The highest BCUT2D eigenvalue weighted by molar-refractivity contribution is 5.77. The van der Waals surface area contributed by atoms with E-state index in [1.807, 2.05) is 0 Å². The van der Waals surface area contributed by atoms with Crippen molar-refractivity contribution in [2.75, 3.05) is 13.2 Å². The van der Waals surface area contributed by atoms with Crippen LogP contribution in [0.3, 0.4) is 0 Å². The summed E-state index contributed by atoms with van der Waals surface area (Å²) in [5.74, 6) is -0.532. The van der Waals surface area contributed by atoms with Crippen LogP contribution in [0.5, 0.6) is 0 Å². The molecule has 4 aliphatic rings. The lowest BCUT2D eigenvalue weighted by Gasteiger charge is -2.66. The third-order valence-corrected chi connectivity index (χ3v) is 9.25. The molecule has 7 atom stereocenters. The summed E-state index contributed by atoms with van der Waals surface area (Å²) in [5.41, 5.74) is -0.0948. The van der Waals surface area contributed by atoms with Crippen LogP contribution in [-0.4, -0.2) is 37.2 Å². The van der Waals surface area contributed by atoms with Crippen LogP contribution in [0.25, 0.3) is 0 Å². The van der Waals surface area contributed by atoms with Crippen molar-refractivity contribution in [1.82, 2.24) is 0 Å². The van der Waals surface area contributed by atoms with Crippen molar-refractivity contribution in [3.8, 4) is 0 Å². The molecule has 0 aromatic rings. The van der Waals surface area contributed by atoms with E-state index in [1.54, 1.807) is 0 Å². The van der Waals surface area contributed by atoms with E-state index in [0.29, 0.717) is 25.6 Å². The quantitative estimate of drug-likeness (QED) is 0.509. The van der Waals surface area contributed by atoms with E-state index < -0.39 is 6.10 Å². The van der Waals surface area contributed by atoms with Crippen LogP contribution >= 0.6 is 0 Å². The maximum absolute atomic E-state index is 12.6. The number of hydrogen-bond acceptors (Lipinski definition) is 6. The van der Waals surface area contributed by atoms with E-state index in [9.17, 15) is 14.4 Å². The second-order valence-corrected chi connectivity index (χ2v) is 11.2. The summed E-state index contributed by atoms with van der Waals surface area (Å²) in [4.78, 5) is 36.3. The number of rotatable bonds is 3. The minimum Gasteiger partial charge on any atom is -0.465 e. The molecule has 7 unspecified atom stereocenters. The number of cyclic esters (lactones) is 1. The molecule has 4 fully saturated rings. The second-order valence-electron chi connectivity index (χ2n) is 11.2. The van der Waals surface area contributed by atoms with Gasteiger partial charge in [-0.05, 0) is 54.8 Å². The van der Waals surface area contributed by atoms with Crippen LogP contribution in [0.15, 0.2) is 0 Å². The summed E-state index contributed by atoms with van der Waals surface area (Å²) in [7, 11) is 0. The maximum atomic E-state index is 12.6. The molecule has 6 nitrogen and oxygen atoms in total. The van der Waals surface area contributed by atoms with Crippen molar-refractivity contribution in [2.45, 2.75) is 79.2 Å². The molecule has 0 spiro atoms. The highest BCUT2D eigenvalue weighted by Gasteiger charge is 2.68. The lowest BCUT2D eigenvalue weighted by molar-refractivity contribution is -0.220. The third kappa shape index (κ3) is 3.16. The van der Waals surface area contributed by atoms with E-state index in [2.05, 4.69) is 20.8 Å². The topological polar surface area (TPSA) is 78.9 Å². The Kier molecular flexibility index (Phi) is 5.22. The second kappa shape index (κ2) is 7.23. The largest absolute Gasteiger partial charge is 0.465 e. The van der Waals surface area contributed by atoms with Crippen LogP contribution in [-0.2, 0) is 28.6 Å². The van der Waals surface area contributed by atoms with Gasteiger partial charge in [-0.2, -0.15) is 0 Å². The van der Waals surface area contributed by atoms with E-state index in [1.165, 1.54) is 20.3 Å². The predicted molar refractivity (Wildman–Crippen MR) is 109 cm³/mol. The number of fused-ring (bicyclic) bond motifs is 5. The molecule has 1 heterocycles. The molecule has 0 aromatic carbocycles. The maximum Gasteiger partial charge on any atom is 0.313 e. The van der Waals surface area contributed by atoms with Crippen LogP contribution < -0.4 is 0 Å². The van der Waals surface area contributed by atoms with Gasteiger partial charge in [0.25, 0.3) is 0 Å². The molecule has 1 saturated heterocycles. The van der Waals surface area contributed by atoms with E-state index >= 15 is 0 Å². The summed E-state index contributed by atoms with van der Waals surface area (Å²) in [6.07, 6.45) is 5.55. The van der Waals surface area contributed by atoms with Gasteiger partial charge in [0, 0.05) is 25.2 Å². The number of ether oxygens (including phenoxy) is 3. The van der Waals surface area contributed by atoms with Crippen LogP contribution in [0, 0.1) is 39.9 Å². The van der Waals surface area contributed by atoms with Crippen molar-refractivity contribution in [3.63, 3.8) is 0 Å². The molecule has 0 aromatic heterocycles. The van der Waals surface area contributed by atoms with E-state index in [4.69, 9.17) is 14.2 Å². The Hall–Kier alpha value is -1.59. The lowest BCUT2D eigenvalue weighted by Crippen LogP contribution is -2.64. The lowest BCUT2D eigenvalue weighted by atomic mass is 9.38. The molecule has 3 aliphatic carbocycles. The SMILES string of the molecule is CC(=O)OCC12CCCC(C)(C)C1CCC1(C)C3COC(=O)C3C(OC(C)=O)CC12. The van der Waals surface area contributed by atoms with Crippen molar-refractivity contribution in [1.29, 1.82) is 0 Å². The molecular weight excluding hydrogens is 384 g/mol. The zero-order chi connectivity index (χ0) is 21.9. The fourth-order valence-electron chi connectivity index (χ4n) is 8.10. The Morgan fingerprint density at radius 3 is 2.47 bits per heavy atom. The first-order valence-corrected chi connectivity index (χ1v) is 11.5. The summed E-state index contributed by atoms with van der Waals surface area (Å²) in [6, 6.07) is 0. The van der Waals surface area contributed by atoms with Gasteiger partial charge in [0.15, 0.2) is 0 Å². The number of carbonyl (C=O) groups is 3. The molecule has 6 heteroatoms. The summed E-state index contributed by atoms with van der Waals surface area (Å²) < 4.78 is 17.0. The molecule has 168 valence electrons. The number of carbonyl (C=O) groups excluding carboxylic acids is 3. The Morgan fingerprint density at radius 1 is 1.07 bits per heavy atom. The minimum atomic E-state index is -0.460. The molecule has 1 aliphatic heterocycles. The average Bonchev–Trinajstić information content (AvgIpc) is 3.03. The average molecular weight is 421 g/mol. The predicted octanol–water partition coefficient (Wildman–Crippen LogP) is 3.90. The zero-order valence-electron chi connectivity index (χ0n) is 19.0. The fourth-order valence-corrected chi connectivity index (χ4v) is 8.10. The Morgan fingerprint density at radius 2 is 1.80 bits per heavy atom. The van der Waals surface area contributed by atoms with Crippen LogP contribution in [0.2, 0.25) is 0 Å². The van der Waals surface area contributed by atoms with Crippen LogP contribution in [0.1, 0.15) is 73.1 Å². The Balaban J connectivity index is 1.79. The van der Waals surface area contributed by atoms with Crippen molar-refractivity contribution >= 4 is 17.9 Å². The van der Waals surface area contributed by atoms with Gasteiger partial charge in [0.1, 0.15) is 12.0 Å². The van der Waals surface area contributed by atoms with Crippen molar-refractivity contribution < 1.29 is 28.6 Å². The van der Waals surface area contributed by atoms with Gasteiger partial charge in [-0.1, -0.05) is 27.2 Å². The fraction of sp³-hybridized carbons (Fsp3) is 0.875. The van der Waals surface area contributed by atoms with Gasteiger partial charge >= 0.3 is 17.9 Å². The highest BCUT2D eigenvalue weighted by atomic mass is 16.6. The summed E-state index contributed by atoms with van der Waals surface area (Å²) >= 11 is 0. The Labute approximate surface area is 179 Å². The first-order valence-electron chi connectivity index (χ1n) is 11.5. The Bertz CT molecular complexity index is 744. The van der Waals surface area contributed by atoms with Gasteiger partial charge in [-0.3, -0.25) is 14.4 Å². The number of esters is 3. The summed E-state index contributed by atoms with van der Waals surface area (Å²) in [6.45, 7) is 10.7. The first-order chi connectivity index (χ1) is 14.0. The molecule has 0 amide bonds. The molecule has 0 N–H and O–H groups in total. The van der Waals surface area contributed by atoms with E-state index in [0.717, 1.165) is 25.7 Å². The first kappa shape index (κ1) is 21.6. The molecule has 4 rings (SSSR count). The number of hydrogen-bond donors (Lipinski definition) is 0. The van der Waals surface area contributed by atoms with Gasteiger partial charge in [0.05, 0.1) is 13.2 Å². The third-order valence-electron chi connectivity index (χ3n) is 9.25. The summed E-state index contributed by atoms with van der Waals surface area (Å²) in [5, 5.41) is 0. The normalized spacial score (nSPS) is 44.2. The molecule has 0 bridgehead atoms. The van der Waals surface area contributed by atoms with Gasteiger partial charge in [-0.15, -0.1) is 0 Å². The smallest absolute Gasteiger partial charge is 0.313 e. The molecule has 0 radical (unpaired) electrons. The molecular formula is C24H36O6. The van der Waals surface area contributed by atoms with Gasteiger partial charge in [0.2, 0.25) is 0 Å². The van der Waals surface area contributed by atoms with Crippen molar-refractivity contribution in [2.24, 2.45) is 39.9 Å². The minimum absolute atomic E-state index is 0.0355. The highest BCUT2D eigenvalue weighted by Crippen LogP contribution is 2.70. The molecule has 30 heavy (non-hydrogen) atoms. The van der Waals surface area contributed by atoms with Gasteiger partial charge < -0.3 is 14.2 Å². The standard InChI is InChI=1S/C24H36O6/c1-14(25)29-13-24-9-6-8-22(3,4)18(24)7-10-23(5)16-12-28-21(27)20(16)17(11-19(23)24)30-15(2)26/h16-20H,6-13H2,1-5H3. The van der Waals surface area contributed by atoms with E-state index in [-0.39, 0.29) is 51.9 Å². The monoisotopic (exact) mass is 420 g/mol. The van der Waals surface area contributed by atoms with Crippen molar-refractivity contribution in [3.05, 3.63) is 0 Å². The van der Waals surface area contributed by atoms with Crippen LogP contribution in [0.4, 0.5) is 0 Å². The zero-order valence-corrected chi connectivity index (χ0v) is 19.0.